The summed E-state index contributed by atoms with van der Waals surface area (Å²) in [7, 11) is 0. The van der Waals surface area contributed by atoms with E-state index < -0.39 is 0 Å². The van der Waals surface area contributed by atoms with Crippen LogP contribution in [-0.4, -0.2) is 38.0 Å². The summed E-state index contributed by atoms with van der Waals surface area (Å²) >= 11 is 0. The lowest BCUT2D eigenvalue weighted by Gasteiger charge is -2.17. The molecule has 3 N–H and O–H groups in total. The number of ether oxygens (including phenoxy) is 2. The largest absolute Gasteiger partial charge is 0.490 e. The highest BCUT2D eigenvalue weighted by atomic mass is 35.5. The van der Waals surface area contributed by atoms with Crippen LogP contribution in [0.5, 0.6) is 11.5 Å². The molecule has 0 atom stereocenters. The van der Waals surface area contributed by atoms with Gasteiger partial charge in [0, 0.05) is 31.7 Å². The van der Waals surface area contributed by atoms with Crippen LogP contribution < -0.4 is 20.1 Å². The minimum Gasteiger partial charge on any atom is -0.490 e. The van der Waals surface area contributed by atoms with Crippen molar-refractivity contribution in [3.8, 4) is 11.5 Å². The van der Waals surface area contributed by atoms with E-state index in [1.165, 1.54) is 5.56 Å². The van der Waals surface area contributed by atoms with Crippen molar-refractivity contribution in [2.45, 2.75) is 27.0 Å². The van der Waals surface area contributed by atoms with E-state index in [-0.39, 0.29) is 31.4 Å². The molecule has 5 nitrogen and oxygen atoms in total. The second-order valence-electron chi connectivity index (χ2n) is 6.10. The SMILES string of the molecule is CCOc1cccc(CNCCNCCO)c1OCc1ccc(C)cc1.Cl.Cl. The molecule has 0 saturated carbocycles. The lowest BCUT2D eigenvalue weighted by atomic mass is 10.1. The number of aliphatic hydroxyl groups excluding tert-OH is 1. The fourth-order valence-corrected chi connectivity index (χ4v) is 2.58. The maximum atomic E-state index is 8.77. The van der Waals surface area contributed by atoms with Crippen LogP contribution in [0.1, 0.15) is 23.6 Å². The van der Waals surface area contributed by atoms with Crippen LogP contribution >= 0.6 is 24.8 Å². The molecular weight excluding hydrogens is 399 g/mol. The van der Waals surface area contributed by atoms with E-state index in [9.17, 15) is 0 Å². The minimum atomic E-state index is 0. The van der Waals surface area contributed by atoms with Gasteiger partial charge in [0.2, 0.25) is 0 Å². The van der Waals surface area contributed by atoms with E-state index in [0.717, 1.165) is 35.7 Å². The third kappa shape index (κ3) is 9.13. The van der Waals surface area contributed by atoms with Crippen LogP contribution in [0.25, 0.3) is 0 Å². The van der Waals surface area contributed by atoms with Crippen molar-refractivity contribution in [3.05, 3.63) is 59.2 Å². The van der Waals surface area contributed by atoms with Gasteiger partial charge >= 0.3 is 0 Å². The van der Waals surface area contributed by atoms with Crippen molar-refractivity contribution in [2.75, 3.05) is 32.8 Å². The summed E-state index contributed by atoms with van der Waals surface area (Å²) < 4.78 is 11.9. The molecule has 0 saturated heterocycles. The van der Waals surface area contributed by atoms with Gasteiger partial charge in [-0.15, -0.1) is 24.8 Å². The normalized spacial score (nSPS) is 9.96. The number of para-hydroxylation sites is 1. The summed E-state index contributed by atoms with van der Waals surface area (Å²) in [6.45, 7) is 8.26. The van der Waals surface area contributed by atoms with Gasteiger partial charge in [0.05, 0.1) is 13.2 Å². The van der Waals surface area contributed by atoms with Crippen LogP contribution in [0.3, 0.4) is 0 Å². The second kappa shape index (κ2) is 15.4. The van der Waals surface area contributed by atoms with Gasteiger partial charge in [-0.1, -0.05) is 42.0 Å². The van der Waals surface area contributed by atoms with Gasteiger partial charge in [0.15, 0.2) is 11.5 Å². The average molecular weight is 431 g/mol. The number of rotatable bonds is 12. The highest BCUT2D eigenvalue weighted by molar-refractivity contribution is 5.85. The molecule has 0 aromatic heterocycles. The number of aryl methyl sites for hydroxylation is 1. The number of hydrogen-bond acceptors (Lipinski definition) is 5. The molecule has 0 aliphatic carbocycles. The van der Waals surface area contributed by atoms with E-state index in [1.54, 1.807) is 0 Å². The fraction of sp³-hybridized carbons (Fsp3) is 0.429. The number of aliphatic hydroxyl groups is 1. The van der Waals surface area contributed by atoms with E-state index in [0.29, 0.717) is 26.3 Å². The molecule has 0 unspecified atom stereocenters. The van der Waals surface area contributed by atoms with Crippen molar-refractivity contribution in [3.63, 3.8) is 0 Å². The van der Waals surface area contributed by atoms with Crippen molar-refractivity contribution in [1.82, 2.24) is 10.6 Å². The molecule has 0 heterocycles. The average Bonchev–Trinajstić information content (AvgIpc) is 2.65. The summed E-state index contributed by atoms with van der Waals surface area (Å²) in [6, 6.07) is 14.4. The van der Waals surface area contributed by atoms with Crippen LogP contribution in [0.15, 0.2) is 42.5 Å². The molecule has 2 aromatic rings. The highest BCUT2D eigenvalue weighted by Gasteiger charge is 2.11. The van der Waals surface area contributed by atoms with Crippen molar-refractivity contribution >= 4 is 24.8 Å². The zero-order chi connectivity index (χ0) is 18.6. The van der Waals surface area contributed by atoms with Gasteiger partial charge in [-0.3, -0.25) is 0 Å². The van der Waals surface area contributed by atoms with E-state index in [2.05, 4.69) is 47.9 Å². The standard InChI is InChI=1S/C21H30N2O3.2ClH/c1-3-25-20-6-4-5-19(15-23-12-11-22-13-14-24)21(20)26-16-18-9-7-17(2)8-10-18;;/h4-10,22-24H,3,11-16H2,1-2H3;2*1H. The predicted octanol–water partition coefficient (Wildman–Crippen LogP) is 3.49. The molecular formula is C21H32Cl2N2O3. The Kier molecular flexibility index (Phi) is 14.6. The maximum absolute atomic E-state index is 8.77. The Bertz CT molecular complexity index is 655. The summed E-state index contributed by atoms with van der Waals surface area (Å²) in [5, 5.41) is 15.3. The van der Waals surface area contributed by atoms with Gasteiger partial charge in [-0.05, 0) is 25.5 Å². The van der Waals surface area contributed by atoms with Crippen molar-refractivity contribution < 1.29 is 14.6 Å². The molecule has 2 aromatic carbocycles. The van der Waals surface area contributed by atoms with Crippen LogP contribution in [0.2, 0.25) is 0 Å². The number of nitrogens with one attached hydrogen (secondary N) is 2. The van der Waals surface area contributed by atoms with Gasteiger partial charge in [0.25, 0.3) is 0 Å². The molecule has 158 valence electrons. The summed E-state index contributed by atoms with van der Waals surface area (Å²) in [4.78, 5) is 0. The molecule has 0 aliphatic rings. The van der Waals surface area contributed by atoms with E-state index in [4.69, 9.17) is 14.6 Å². The van der Waals surface area contributed by atoms with Gasteiger partial charge < -0.3 is 25.2 Å². The zero-order valence-electron chi connectivity index (χ0n) is 16.6. The quantitative estimate of drug-likeness (QED) is 0.449. The number of benzene rings is 2. The molecule has 0 radical (unpaired) electrons. The maximum Gasteiger partial charge on any atom is 0.166 e. The van der Waals surface area contributed by atoms with Crippen LogP contribution in [0, 0.1) is 6.92 Å². The first kappa shape index (κ1) is 26.5. The molecule has 0 fully saturated rings. The topological polar surface area (TPSA) is 62.8 Å². The Morgan fingerprint density at radius 3 is 2.29 bits per heavy atom. The summed E-state index contributed by atoms with van der Waals surface area (Å²) in [6.07, 6.45) is 0. The second-order valence-corrected chi connectivity index (χ2v) is 6.10. The first-order valence-corrected chi connectivity index (χ1v) is 9.20. The molecule has 0 spiro atoms. The van der Waals surface area contributed by atoms with Gasteiger partial charge in [-0.25, -0.2) is 0 Å². The Morgan fingerprint density at radius 1 is 0.893 bits per heavy atom. The Hall–Kier alpha value is -1.50. The molecule has 0 amide bonds. The lowest BCUT2D eigenvalue weighted by molar-refractivity contribution is 0.266. The predicted molar refractivity (Wildman–Crippen MR) is 119 cm³/mol. The van der Waals surface area contributed by atoms with E-state index >= 15 is 0 Å². The third-order valence-corrected chi connectivity index (χ3v) is 3.95. The number of halogens is 2. The smallest absolute Gasteiger partial charge is 0.166 e. The monoisotopic (exact) mass is 430 g/mol. The fourth-order valence-electron chi connectivity index (χ4n) is 2.58. The Labute approximate surface area is 180 Å². The molecule has 0 bridgehead atoms. The Balaban J connectivity index is 0.00000364. The first-order valence-electron chi connectivity index (χ1n) is 9.20. The zero-order valence-corrected chi connectivity index (χ0v) is 18.2. The first-order chi connectivity index (χ1) is 12.7. The molecule has 28 heavy (non-hydrogen) atoms. The minimum absolute atomic E-state index is 0. The van der Waals surface area contributed by atoms with Gasteiger partial charge in [0.1, 0.15) is 6.61 Å². The van der Waals surface area contributed by atoms with E-state index in [1.807, 2.05) is 19.1 Å². The molecule has 2 rings (SSSR count). The summed E-state index contributed by atoms with van der Waals surface area (Å²) in [5.41, 5.74) is 3.45. The third-order valence-electron chi connectivity index (χ3n) is 3.95. The lowest BCUT2D eigenvalue weighted by Crippen LogP contribution is -2.28. The van der Waals surface area contributed by atoms with Crippen molar-refractivity contribution in [2.24, 2.45) is 0 Å². The molecule has 7 heteroatoms. The molecule has 0 aliphatic heterocycles. The van der Waals surface area contributed by atoms with Gasteiger partial charge in [-0.2, -0.15) is 0 Å². The van der Waals surface area contributed by atoms with Crippen LogP contribution in [-0.2, 0) is 13.2 Å². The van der Waals surface area contributed by atoms with Crippen LogP contribution in [0.4, 0.5) is 0 Å². The Morgan fingerprint density at radius 2 is 1.61 bits per heavy atom. The highest BCUT2D eigenvalue weighted by Crippen LogP contribution is 2.32. The van der Waals surface area contributed by atoms with Crippen molar-refractivity contribution in [1.29, 1.82) is 0 Å². The summed E-state index contributed by atoms with van der Waals surface area (Å²) in [5.74, 6) is 1.57. The number of hydrogen-bond donors (Lipinski definition) is 3.